The number of aromatic amines is 1. The van der Waals surface area contributed by atoms with Gasteiger partial charge in [-0.25, -0.2) is 0 Å². The third-order valence-electron chi connectivity index (χ3n) is 3.92. The number of benzene rings is 1. The number of nitrogens with one attached hydrogen (secondary N) is 1. The lowest BCUT2D eigenvalue weighted by Gasteiger charge is -2.49. The zero-order valence-corrected chi connectivity index (χ0v) is 11.8. The van der Waals surface area contributed by atoms with Crippen molar-refractivity contribution >= 4 is 23.4 Å². The van der Waals surface area contributed by atoms with Gasteiger partial charge in [-0.3, -0.25) is 9.69 Å². The highest BCUT2D eigenvalue weighted by Crippen LogP contribution is 2.53. The summed E-state index contributed by atoms with van der Waals surface area (Å²) >= 11 is 1.78. The smallest absolute Gasteiger partial charge is 0.260 e. The van der Waals surface area contributed by atoms with Gasteiger partial charge in [0.15, 0.2) is 6.10 Å². The molecular formula is C15H14N2O2S. The summed E-state index contributed by atoms with van der Waals surface area (Å²) in [5.74, 6) is 0.0531. The van der Waals surface area contributed by atoms with Crippen LogP contribution in [0.3, 0.4) is 0 Å². The summed E-state index contributed by atoms with van der Waals surface area (Å²) in [6.07, 6.45) is 3.57. The zero-order valence-electron chi connectivity index (χ0n) is 10.9. The maximum atomic E-state index is 12.1. The second-order valence-electron chi connectivity index (χ2n) is 4.98. The summed E-state index contributed by atoms with van der Waals surface area (Å²) in [6, 6.07) is 10.4. The Hall–Kier alpha value is -1.72. The monoisotopic (exact) mass is 286 g/mol. The number of H-pyrrole nitrogens is 1. The molecule has 2 unspecified atom stereocenters. The van der Waals surface area contributed by atoms with Crippen LogP contribution >= 0.6 is 11.8 Å². The molecular weight excluding hydrogens is 272 g/mol. The van der Waals surface area contributed by atoms with Crippen molar-refractivity contribution in [2.24, 2.45) is 0 Å². The van der Waals surface area contributed by atoms with E-state index >= 15 is 0 Å². The Kier molecular flexibility index (Phi) is 2.65. The third kappa shape index (κ3) is 1.50. The average molecular weight is 286 g/mol. The minimum atomic E-state index is -0.325. The van der Waals surface area contributed by atoms with Gasteiger partial charge in [-0.05, 0) is 5.56 Å². The van der Waals surface area contributed by atoms with Gasteiger partial charge in [0.25, 0.3) is 5.91 Å². The van der Waals surface area contributed by atoms with E-state index in [1.165, 1.54) is 11.1 Å². The number of carbonyl (C=O) groups excluding carboxylic acids is 1. The summed E-state index contributed by atoms with van der Waals surface area (Å²) in [7, 11) is 1.60. The molecule has 5 heteroatoms. The van der Waals surface area contributed by atoms with E-state index in [0.29, 0.717) is 0 Å². The first-order chi connectivity index (χ1) is 9.81. The van der Waals surface area contributed by atoms with Crippen molar-refractivity contribution in [3.05, 3.63) is 53.9 Å². The molecule has 0 radical (unpaired) electrons. The second kappa shape index (κ2) is 4.40. The quantitative estimate of drug-likeness (QED) is 0.863. The molecule has 2 aliphatic rings. The first kappa shape index (κ1) is 12.1. The highest BCUT2D eigenvalue weighted by Gasteiger charge is 2.54. The molecule has 1 aromatic carbocycles. The van der Waals surface area contributed by atoms with Crippen molar-refractivity contribution in [3.63, 3.8) is 0 Å². The van der Waals surface area contributed by atoms with Gasteiger partial charge in [0.05, 0.1) is 10.9 Å². The van der Waals surface area contributed by atoms with Crippen molar-refractivity contribution in [3.8, 4) is 0 Å². The molecule has 3 atom stereocenters. The van der Waals surface area contributed by atoms with Gasteiger partial charge in [-0.1, -0.05) is 30.3 Å². The van der Waals surface area contributed by atoms with Gasteiger partial charge in [-0.2, -0.15) is 0 Å². The molecule has 1 saturated heterocycles. The van der Waals surface area contributed by atoms with Crippen LogP contribution in [0.2, 0.25) is 0 Å². The Morgan fingerprint density at radius 2 is 2.05 bits per heavy atom. The number of methoxy groups -OCH3 is 1. The number of aromatic nitrogens is 1. The van der Waals surface area contributed by atoms with E-state index in [1.807, 2.05) is 35.5 Å². The van der Waals surface area contributed by atoms with Crippen LogP contribution in [0.25, 0.3) is 0 Å². The number of hydrogen-bond acceptors (Lipinski definition) is 3. The Bertz CT molecular complexity index is 655. The number of amides is 1. The van der Waals surface area contributed by atoms with E-state index in [4.69, 9.17) is 4.74 Å². The van der Waals surface area contributed by atoms with Gasteiger partial charge in [0, 0.05) is 25.1 Å². The van der Waals surface area contributed by atoms with Crippen LogP contribution in [0.5, 0.6) is 0 Å². The molecule has 4 nitrogen and oxygen atoms in total. The number of fused-ring (bicyclic) bond motifs is 3. The molecule has 4 rings (SSSR count). The number of nitrogens with zero attached hydrogens (tertiary/aromatic N) is 1. The summed E-state index contributed by atoms with van der Waals surface area (Å²) in [5, 5.41) is 0.311. The van der Waals surface area contributed by atoms with E-state index in [1.54, 1.807) is 18.9 Å². The van der Waals surface area contributed by atoms with E-state index in [0.717, 1.165) is 5.69 Å². The number of ether oxygens (including phenoxy) is 1. The van der Waals surface area contributed by atoms with Gasteiger partial charge < -0.3 is 9.72 Å². The topological polar surface area (TPSA) is 45.3 Å². The van der Waals surface area contributed by atoms with Crippen molar-refractivity contribution < 1.29 is 9.53 Å². The highest BCUT2D eigenvalue weighted by molar-refractivity contribution is 8.00. The van der Waals surface area contributed by atoms with Crippen LogP contribution in [-0.2, 0) is 9.53 Å². The lowest BCUT2D eigenvalue weighted by molar-refractivity contribution is -0.136. The van der Waals surface area contributed by atoms with Gasteiger partial charge >= 0.3 is 0 Å². The van der Waals surface area contributed by atoms with Gasteiger partial charge in [-0.15, -0.1) is 11.8 Å². The average Bonchev–Trinajstić information content (AvgIpc) is 2.95. The first-order valence-corrected chi connectivity index (χ1v) is 7.48. The molecule has 2 aromatic rings. The summed E-state index contributed by atoms with van der Waals surface area (Å²) in [5.41, 5.74) is 3.41. The van der Waals surface area contributed by atoms with E-state index < -0.39 is 0 Å². The minimum Gasteiger partial charge on any atom is -0.368 e. The number of rotatable bonds is 2. The predicted octanol–water partition coefficient (Wildman–Crippen LogP) is 2.54. The van der Waals surface area contributed by atoms with Crippen molar-refractivity contribution in [1.29, 1.82) is 0 Å². The minimum absolute atomic E-state index is 0.0531. The Labute approximate surface area is 121 Å². The molecule has 2 aliphatic heterocycles. The van der Waals surface area contributed by atoms with Crippen LogP contribution in [0.1, 0.15) is 16.4 Å². The Morgan fingerprint density at radius 1 is 1.25 bits per heavy atom. The fourth-order valence-corrected chi connectivity index (χ4v) is 4.57. The second-order valence-corrected chi connectivity index (χ2v) is 6.20. The SMILES string of the molecule is COC1C(=O)N2c3c[nH]cc3C(c3ccccc3)S[C@@H]12. The Morgan fingerprint density at radius 3 is 2.80 bits per heavy atom. The van der Waals surface area contributed by atoms with Gasteiger partial charge in [0.2, 0.25) is 0 Å². The molecule has 0 bridgehead atoms. The van der Waals surface area contributed by atoms with Crippen molar-refractivity contribution in [2.75, 3.05) is 12.0 Å². The number of carbonyl (C=O) groups is 1. The summed E-state index contributed by atoms with van der Waals surface area (Å²) in [6.45, 7) is 0. The zero-order chi connectivity index (χ0) is 13.7. The lowest BCUT2D eigenvalue weighted by Crippen LogP contribution is -2.65. The molecule has 0 aliphatic carbocycles. The largest absolute Gasteiger partial charge is 0.368 e. The van der Waals surface area contributed by atoms with E-state index in [2.05, 4.69) is 17.1 Å². The summed E-state index contributed by atoms with van der Waals surface area (Å²) < 4.78 is 5.32. The maximum Gasteiger partial charge on any atom is 0.260 e. The number of hydrogen-bond donors (Lipinski definition) is 1. The maximum absolute atomic E-state index is 12.1. The van der Waals surface area contributed by atoms with Crippen LogP contribution in [0, 0.1) is 0 Å². The number of thioether (sulfide) groups is 1. The summed E-state index contributed by atoms with van der Waals surface area (Å²) in [4.78, 5) is 17.1. The third-order valence-corrected chi connectivity index (χ3v) is 5.46. The normalized spacial score (nSPS) is 27.8. The number of β-lactam (4-membered cyclic amide) rings is 1. The molecule has 1 amide bonds. The lowest BCUT2D eigenvalue weighted by atomic mass is 10.0. The van der Waals surface area contributed by atoms with E-state index in [-0.39, 0.29) is 22.6 Å². The molecule has 0 saturated carbocycles. The first-order valence-electron chi connectivity index (χ1n) is 6.54. The van der Waals surface area contributed by atoms with Crippen LogP contribution in [0.15, 0.2) is 42.7 Å². The predicted molar refractivity (Wildman–Crippen MR) is 78.7 cm³/mol. The molecule has 3 heterocycles. The molecule has 0 spiro atoms. The van der Waals surface area contributed by atoms with Crippen molar-refractivity contribution in [1.82, 2.24) is 4.98 Å². The fourth-order valence-electron chi connectivity index (χ4n) is 2.93. The van der Waals surface area contributed by atoms with Crippen LogP contribution in [0.4, 0.5) is 5.69 Å². The van der Waals surface area contributed by atoms with Crippen LogP contribution in [-0.4, -0.2) is 29.5 Å². The fraction of sp³-hybridized carbons (Fsp3) is 0.267. The standard InChI is InChI=1S/C15H14N2O2S/c1-19-12-14(18)17-11-8-16-7-10(11)13(20-15(12)17)9-5-3-2-4-6-9/h2-8,12-13,15-16H,1H3/t12?,13?,15-/m0/s1. The van der Waals surface area contributed by atoms with Crippen molar-refractivity contribution in [2.45, 2.75) is 16.7 Å². The molecule has 1 fully saturated rings. The van der Waals surface area contributed by atoms with Crippen LogP contribution < -0.4 is 4.90 Å². The molecule has 1 N–H and O–H groups in total. The highest BCUT2D eigenvalue weighted by atomic mass is 32.2. The number of anilines is 1. The molecule has 20 heavy (non-hydrogen) atoms. The Balaban J connectivity index is 1.78. The van der Waals surface area contributed by atoms with Gasteiger partial charge in [0.1, 0.15) is 5.37 Å². The van der Waals surface area contributed by atoms with E-state index in [9.17, 15) is 4.79 Å². The molecule has 102 valence electrons. The molecule has 1 aromatic heterocycles.